The molecule has 1 amide bonds. The number of carbonyl (C=O) groups excluding carboxylic acids is 1. The summed E-state index contributed by atoms with van der Waals surface area (Å²) in [4.78, 5) is 14.2. The van der Waals surface area contributed by atoms with E-state index in [2.05, 4.69) is 15.9 Å². The number of hydrogen-bond donors (Lipinski definition) is 1. The maximum Gasteiger partial charge on any atom is 0.254 e. The van der Waals surface area contributed by atoms with Gasteiger partial charge in [-0.05, 0) is 58.7 Å². The van der Waals surface area contributed by atoms with E-state index >= 15 is 0 Å². The molecule has 1 unspecified atom stereocenters. The average Bonchev–Trinajstić information content (AvgIpc) is 2.48. The molecule has 2 aromatic rings. The van der Waals surface area contributed by atoms with E-state index in [0.29, 0.717) is 16.3 Å². The highest BCUT2D eigenvalue weighted by Gasteiger charge is 2.19. The first kappa shape index (κ1) is 15.9. The SMILES string of the molecule is CC(c1ccc(Cl)cc1)N(C)C(=O)c1ccc(Br)c(N)c1. The summed E-state index contributed by atoms with van der Waals surface area (Å²) in [5.41, 5.74) is 7.98. The predicted octanol–water partition coefficient (Wildman–Crippen LogP) is 4.52. The van der Waals surface area contributed by atoms with E-state index in [4.69, 9.17) is 17.3 Å². The zero-order chi connectivity index (χ0) is 15.6. The molecule has 0 bridgehead atoms. The number of hydrogen-bond acceptors (Lipinski definition) is 2. The molecule has 0 saturated heterocycles. The average molecular weight is 368 g/mol. The van der Waals surface area contributed by atoms with Gasteiger partial charge in [-0.15, -0.1) is 0 Å². The van der Waals surface area contributed by atoms with Gasteiger partial charge in [0.05, 0.1) is 6.04 Å². The second kappa shape index (κ2) is 6.50. The largest absolute Gasteiger partial charge is 0.398 e. The van der Waals surface area contributed by atoms with Crippen molar-refractivity contribution in [3.05, 3.63) is 63.1 Å². The fourth-order valence-electron chi connectivity index (χ4n) is 2.02. The third-order valence-electron chi connectivity index (χ3n) is 3.50. The Kier molecular flexibility index (Phi) is 4.91. The molecule has 0 radical (unpaired) electrons. The number of rotatable bonds is 3. The minimum atomic E-state index is -0.0725. The van der Waals surface area contributed by atoms with Crippen LogP contribution in [0.1, 0.15) is 28.9 Å². The lowest BCUT2D eigenvalue weighted by Gasteiger charge is -2.25. The second-order valence-electron chi connectivity index (χ2n) is 4.88. The molecule has 0 spiro atoms. The van der Waals surface area contributed by atoms with E-state index in [0.717, 1.165) is 10.0 Å². The molecule has 5 heteroatoms. The lowest BCUT2D eigenvalue weighted by molar-refractivity contribution is 0.0742. The van der Waals surface area contributed by atoms with Crippen LogP contribution in [0.25, 0.3) is 0 Å². The lowest BCUT2D eigenvalue weighted by Crippen LogP contribution is -2.29. The van der Waals surface area contributed by atoms with Crippen LogP contribution in [0.15, 0.2) is 46.9 Å². The first-order valence-electron chi connectivity index (χ1n) is 6.48. The van der Waals surface area contributed by atoms with Crippen LogP contribution in [0.3, 0.4) is 0 Å². The van der Waals surface area contributed by atoms with E-state index < -0.39 is 0 Å². The fourth-order valence-corrected chi connectivity index (χ4v) is 2.39. The van der Waals surface area contributed by atoms with Crippen molar-refractivity contribution in [3.8, 4) is 0 Å². The molecular weight excluding hydrogens is 352 g/mol. The Morgan fingerprint density at radius 2 is 1.86 bits per heavy atom. The van der Waals surface area contributed by atoms with Gasteiger partial charge in [-0.3, -0.25) is 4.79 Å². The Bertz CT molecular complexity index is 658. The Labute approximate surface area is 137 Å². The van der Waals surface area contributed by atoms with E-state index in [9.17, 15) is 4.79 Å². The Hall–Kier alpha value is -1.52. The molecule has 0 aliphatic heterocycles. The number of nitrogens with zero attached hydrogens (tertiary/aromatic N) is 1. The quantitative estimate of drug-likeness (QED) is 0.811. The summed E-state index contributed by atoms with van der Waals surface area (Å²) >= 11 is 9.21. The smallest absolute Gasteiger partial charge is 0.254 e. The zero-order valence-electron chi connectivity index (χ0n) is 11.8. The van der Waals surface area contributed by atoms with Gasteiger partial charge >= 0.3 is 0 Å². The van der Waals surface area contributed by atoms with E-state index in [1.807, 2.05) is 31.2 Å². The van der Waals surface area contributed by atoms with Gasteiger partial charge in [-0.25, -0.2) is 0 Å². The minimum Gasteiger partial charge on any atom is -0.398 e. The first-order chi connectivity index (χ1) is 9.90. The van der Waals surface area contributed by atoms with Crippen molar-refractivity contribution in [2.24, 2.45) is 0 Å². The minimum absolute atomic E-state index is 0.0559. The number of carbonyl (C=O) groups is 1. The first-order valence-corrected chi connectivity index (χ1v) is 7.65. The molecule has 1 atom stereocenters. The monoisotopic (exact) mass is 366 g/mol. The third kappa shape index (κ3) is 3.57. The maximum absolute atomic E-state index is 12.5. The Balaban J connectivity index is 2.21. The Morgan fingerprint density at radius 1 is 1.24 bits per heavy atom. The molecule has 2 N–H and O–H groups in total. The van der Waals surface area contributed by atoms with E-state index in [1.165, 1.54) is 0 Å². The number of benzene rings is 2. The molecule has 0 fully saturated rings. The van der Waals surface area contributed by atoms with Crippen molar-refractivity contribution in [1.82, 2.24) is 4.90 Å². The fraction of sp³-hybridized carbons (Fsp3) is 0.188. The summed E-state index contributed by atoms with van der Waals surface area (Å²) in [5, 5.41) is 0.681. The van der Waals surface area contributed by atoms with Crippen LogP contribution in [0.4, 0.5) is 5.69 Å². The van der Waals surface area contributed by atoms with Crippen molar-refractivity contribution in [2.45, 2.75) is 13.0 Å². The molecule has 2 aromatic carbocycles. The van der Waals surface area contributed by atoms with Crippen LogP contribution in [0.2, 0.25) is 5.02 Å². The van der Waals surface area contributed by atoms with Gasteiger partial charge in [0, 0.05) is 27.8 Å². The van der Waals surface area contributed by atoms with Crippen LogP contribution in [-0.4, -0.2) is 17.9 Å². The number of halogens is 2. The van der Waals surface area contributed by atoms with E-state index in [-0.39, 0.29) is 11.9 Å². The van der Waals surface area contributed by atoms with Gasteiger partial charge in [0.15, 0.2) is 0 Å². The summed E-state index contributed by atoms with van der Waals surface area (Å²) in [6.45, 7) is 1.98. The zero-order valence-corrected chi connectivity index (χ0v) is 14.1. The molecule has 0 heterocycles. The van der Waals surface area contributed by atoms with Gasteiger partial charge in [0.25, 0.3) is 5.91 Å². The predicted molar refractivity (Wildman–Crippen MR) is 90.5 cm³/mol. The van der Waals surface area contributed by atoms with Crippen molar-refractivity contribution in [1.29, 1.82) is 0 Å². The van der Waals surface area contributed by atoms with Crippen LogP contribution in [-0.2, 0) is 0 Å². The molecule has 0 aliphatic carbocycles. The molecule has 3 nitrogen and oxygen atoms in total. The van der Waals surface area contributed by atoms with Crippen LogP contribution in [0.5, 0.6) is 0 Å². The van der Waals surface area contributed by atoms with Gasteiger partial charge < -0.3 is 10.6 Å². The van der Waals surface area contributed by atoms with Crippen LogP contribution < -0.4 is 5.73 Å². The summed E-state index contributed by atoms with van der Waals surface area (Å²) in [5.74, 6) is -0.0725. The molecule has 0 aromatic heterocycles. The highest BCUT2D eigenvalue weighted by Crippen LogP contribution is 2.25. The van der Waals surface area contributed by atoms with Crippen molar-refractivity contribution < 1.29 is 4.79 Å². The maximum atomic E-state index is 12.5. The van der Waals surface area contributed by atoms with Crippen molar-refractivity contribution in [3.63, 3.8) is 0 Å². The van der Waals surface area contributed by atoms with Crippen molar-refractivity contribution >= 4 is 39.1 Å². The molecule has 0 saturated carbocycles. The lowest BCUT2D eigenvalue weighted by atomic mass is 10.1. The number of amides is 1. The van der Waals surface area contributed by atoms with Crippen molar-refractivity contribution in [2.75, 3.05) is 12.8 Å². The van der Waals surface area contributed by atoms with Gasteiger partial charge in [0.2, 0.25) is 0 Å². The highest BCUT2D eigenvalue weighted by atomic mass is 79.9. The molecule has 110 valence electrons. The summed E-state index contributed by atoms with van der Waals surface area (Å²) in [6, 6.07) is 12.7. The topological polar surface area (TPSA) is 46.3 Å². The van der Waals surface area contributed by atoms with Crippen LogP contribution >= 0.6 is 27.5 Å². The molecule has 2 rings (SSSR count). The molecule has 0 aliphatic rings. The molecular formula is C16H16BrClN2O. The second-order valence-corrected chi connectivity index (χ2v) is 6.17. The summed E-state index contributed by atoms with van der Waals surface area (Å²) < 4.78 is 0.785. The van der Waals surface area contributed by atoms with Gasteiger partial charge in [0.1, 0.15) is 0 Å². The number of anilines is 1. The van der Waals surface area contributed by atoms with Crippen LogP contribution in [0, 0.1) is 0 Å². The highest BCUT2D eigenvalue weighted by molar-refractivity contribution is 9.10. The standard InChI is InChI=1S/C16H16BrClN2O/c1-10(11-3-6-13(18)7-4-11)20(2)16(21)12-5-8-14(17)15(19)9-12/h3-10H,19H2,1-2H3. The van der Waals surface area contributed by atoms with Gasteiger partial charge in [-0.1, -0.05) is 23.7 Å². The van der Waals surface area contributed by atoms with E-state index in [1.54, 1.807) is 30.1 Å². The normalized spacial score (nSPS) is 12.0. The van der Waals surface area contributed by atoms with Gasteiger partial charge in [-0.2, -0.15) is 0 Å². The third-order valence-corrected chi connectivity index (χ3v) is 4.47. The number of nitrogens with two attached hydrogens (primary N) is 1. The molecule has 21 heavy (non-hydrogen) atoms. The Morgan fingerprint density at radius 3 is 2.43 bits per heavy atom. The summed E-state index contributed by atoms with van der Waals surface area (Å²) in [7, 11) is 1.78. The summed E-state index contributed by atoms with van der Waals surface area (Å²) in [6.07, 6.45) is 0. The number of nitrogen functional groups attached to an aromatic ring is 1.